The average molecular weight is 238 g/mol. The number of nitrogens with zero attached hydrogens (tertiary/aromatic N) is 3. The van der Waals surface area contributed by atoms with Crippen LogP contribution in [0, 0.1) is 0 Å². The van der Waals surface area contributed by atoms with E-state index in [9.17, 15) is 13.2 Å². The smallest absolute Gasteiger partial charge is 0.311 e. The number of aromatic nitrogens is 3. The lowest BCUT2D eigenvalue weighted by Gasteiger charge is -2.06. The van der Waals surface area contributed by atoms with Gasteiger partial charge in [0.15, 0.2) is 0 Å². The molecule has 0 bridgehead atoms. The zero-order valence-electron chi connectivity index (χ0n) is 8.79. The van der Waals surface area contributed by atoms with Crippen molar-refractivity contribution in [2.24, 2.45) is 0 Å². The molecule has 0 saturated heterocycles. The second kappa shape index (κ2) is 5.80. The largest absolute Gasteiger partial charge is 0.522 e. The molecule has 92 valence electrons. The minimum absolute atomic E-state index is 0.0264. The highest BCUT2D eigenvalue weighted by molar-refractivity contribution is 4.91. The summed E-state index contributed by atoms with van der Waals surface area (Å²) >= 11 is 0. The Morgan fingerprint density at radius 1 is 1.50 bits per heavy atom. The van der Waals surface area contributed by atoms with Gasteiger partial charge in [-0.25, -0.2) is 4.68 Å². The van der Waals surface area contributed by atoms with E-state index in [0.717, 1.165) is 6.54 Å². The molecule has 0 unspecified atom stereocenters. The molecule has 1 aromatic rings. The van der Waals surface area contributed by atoms with E-state index in [0.29, 0.717) is 12.2 Å². The topological polar surface area (TPSA) is 52.0 Å². The summed E-state index contributed by atoms with van der Waals surface area (Å²) in [5.41, 5.74) is 0.689. The monoisotopic (exact) mass is 238 g/mol. The van der Waals surface area contributed by atoms with Gasteiger partial charge in [0.05, 0.1) is 18.8 Å². The third kappa shape index (κ3) is 5.08. The van der Waals surface area contributed by atoms with E-state index in [2.05, 4.69) is 20.4 Å². The number of nitrogens with one attached hydrogen (secondary N) is 1. The van der Waals surface area contributed by atoms with Crippen molar-refractivity contribution < 1.29 is 17.9 Å². The van der Waals surface area contributed by atoms with Crippen LogP contribution in [-0.4, -0.2) is 34.5 Å². The molecule has 8 heteroatoms. The van der Waals surface area contributed by atoms with Crippen LogP contribution in [0.1, 0.15) is 12.6 Å². The van der Waals surface area contributed by atoms with Crippen molar-refractivity contribution in [2.75, 3.05) is 13.2 Å². The van der Waals surface area contributed by atoms with Crippen LogP contribution in [0.3, 0.4) is 0 Å². The number of alkyl halides is 3. The number of rotatable bonds is 6. The Hall–Kier alpha value is -1.15. The highest BCUT2D eigenvalue weighted by atomic mass is 19.4. The van der Waals surface area contributed by atoms with Crippen LogP contribution in [-0.2, 0) is 17.8 Å². The summed E-state index contributed by atoms with van der Waals surface area (Å²) in [6.45, 7) is 2.86. The van der Waals surface area contributed by atoms with E-state index in [1.54, 1.807) is 6.20 Å². The van der Waals surface area contributed by atoms with E-state index in [-0.39, 0.29) is 6.54 Å². The molecule has 0 fully saturated rings. The van der Waals surface area contributed by atoms with Gasteiger partial charge in [-0.05, 0) is 6.54 Å². The molecule has 0 aliphatic heterocycles. The zero-order chi connectivity index (χ0) is 12.0. The third-order valence-electron chi connectivity index (χ3n) is 1.73. The highest BCUT2D eigenvalue weighted by Crippen LogP contribution is 2.15. The number of hydrogen-bond acceptors (Lipinski definition) is 4. The summed E-state index contributed by atoms with van der Waals surface area (Å²) < 4.78 is 39.9. The van der Waals surface area contributed by atoms with Gasteiger partial charge in [-0.2, -0.15) is 0 Å². The Labute approximate surface area is 90.6 Å². The summed E-state index contributed by atoms with van der Waals surface area (Å²) in [6, 6.07) is 0. The number of ether oxygens (including phenoxy) is 1. The molecule has 0 atom stereocenters. The van der Waals surface area contributed by atoms with E-state index in [1.165, 1.54) is 4.68 Å². The van der Waals surface area contributed by atoms with Crippen LogP contribution >= 0.6 is 0 Å². The highest BCUT2D eigenvalue weighted by Gasteiger charge is 2.28. The fraction of sp³-hybridized carbons (Fsp3) is 0.750. The third-order valence-corrected chi connectivity index (χ3v) is 1.73. The maximum atomic E-state index is 11.7. The van der Waals surface area contributed by atoms with Gasteiger partial charge in [0.1, 0.15) is 0 Å². The molecule has 5 nitrogen and oxygen atoms in total. The fourth-order valence-electron chi connectivity index (χ4n) is 1.04. The fourth-order valence-corrected chi connectivity index (χ4v) is 1.04. The van der Waals surface area contributed by atoms with Gasteiger partial charge >= 0.3 is 6.36 Å². The molecule has 1 aromatic heterocycles. The predicted molar refractivity (Wildman–Crippen MR) is 49.4 cm³/mol. The quantitative estimate of drug-likeness (QED) is 0.800. The lowest BCUT2D eigenvalue weighted by Crippen LogP contribution is -2.17. The average Bonchev–Trinajstić information content (AvgIpc) is 2.61. The summed E-state index contributed by atoms with van der Waals surface area (Å²) in [5, 5.41) is 10.5. The van der Waals surface area contributed by atoms with Crippen LogP contribution in [0.5, 0.6) is 0 Å². The first-order valence-electron chi connectivity index (χ1n) is 4.81. The molecule has 1 rings (SSSR count). The number of halogens is 3. The number of hydrogen-bond donors (Lipinski definition) is 1. The Bertz CT molecular complexity index is 312. The van der Waals surface area contributed by atoms with Crippen molar-refractivity contribution in [1.82, 2.24) is 20.3 Å². The summed E-state index contributed by atoms with van der Waals surface area (Å²) in [4.78, 5) is 0. The summed E-state index contributed by atoms with van der Waals surface area (Å²) in [7, 11) is 0. The minimum atomic E-state index is -4.59. The van der Waals surface area contributed by atoms with Gasteiger partial charge < -0.3 is 5.32 Å². The van der Waals surface area contributed by atoms with Gasteiger partial charge in [0.25, 0.3) is 0 Å². The molecule has 0 amide bonds. The molecule has 0 spiro atoms. The first-order valence-corrected chi connectivity index (χ1v) is 4.81. The van der Waals surface area contributed by atoms with Crippen molar-refractivity contribution in [3.63, 3.8) is 0 Å². The van der Waals surface area contributed by atoms with E-state index in [1.807, 2.05) is 6.92 Å². The molecule has 16 heavy (non-hydrogen) atoms. The van der Waals surface area contributed by atoms with Crippen molar-refractivity contribution in [3.05, 3.63) is 11.9 Å². The molecule has 0 saturated carbocycles. The summed E-state index contributed by atoms with van der Waals surface area (Å²) in [6.07, 6.45) is -3.00. The van der Waals surface area contributed by atoms with E-state index < -0.39 is 13.0 Å². The SMILES string of the molecule is CCNCc1cn(CCOC(F)(F)F)nn1. The zero-order valence-corrected chi connectivity index (χ0v) is 8.79. The second-order valence-corrected chi connectivity index (χ2v) is 3.05. The van der Waals surface area contributed by atoms with Crippen LogP contribution in [0.4, 0.5) is 13.2 Å². The molecule has 0 aliphatic rings. The van der Waals surface area contributed by atoms with Gasteiger partial charge in [0.2, 0.25) is 0 Å². The first kappa shape index (κ1) is 12.9. The second-order valence-electron chi connectivity index (χ2n) is 3.05. The van der Waals surface area contributed by atoms with Crippen molar-refractivity contribution in [1.29, 1.82) is 0 Å². The van der Waals surface area contributed by atoms with Gasteiger partial charge in [-0.1, -0.05) is 12.1 Å². The molecular weight excluding hydrogens is 225 g/mol. The normalized spacial score (nSPS) is 12.0. The Kier molecular flexibility index (Phi) is 4.69. The van der Waals surface area contributed by atoms with Gasteiger partial charge in [-0.3, -0.25) is 4.74 Å². The Morgan fingerprint density at radius 3 is 2.88 bits per heavy atom. The lowest BCUT2D eigenvalue weighted by molar-refractivity contribution is -0.325. The standard InChI is InChI=1S/C8H13F3N4O/c1-2-12-5-7-6-15(14-13-7)3-4-16-8(9,10)11/h6,12H,2-5H2,1H3. The molecule has 0 aliphatic carbocycles. The lowest BCUT2D eigenvalue weighted by atomic mass is 10.4. The van der Waals surface area contributed by atoms with E-state index in [4.69, 9.17) is 0 Å². The van der Waals surface area contributed by atoms with Crippen LogP contribution < -0.4 is 5.32 Å². The van der Waals surface area contributed by atoms with Crippen molar-refractivity contribution >= 4 is 0 Å². The van der Waals surface area contributed by atoms with Crippen molar-refractivity contribution in [2.45, 2.75) is 26.4 Å². The maximum Gasteiger partial charge on any atom is 0.522 e. The van der Waals surface area contributed by atoms with Gasteiger partial charge in [0, 0.05) is 12.7 Å². The van der Waals surface area contributed by atoms with Crippen LogP contribution in [0.25, 0.3) is 0 Å². The molecule has 0 aromatic carbocycles. The molecular formula is C8H13F3N4O. The van der Waals surface area contributed by atoms with Crippen molar-refractivity contribution in [3.8, 4) is 0 Å². The molecule has 1 N–H and O–H groups in total. The van der Waals surface area contributed by atoms with Crippen LogP contribution in [0.2, 0.25) is 0 Å². The first-order chi connectivity index (χ1) is 7.51. The predicted octanol–water partition coefficient (Wildman–Crippen LogP) is 0.924. The molecule has 0 radical (unpaired) electrons. The Morgan fingerprint density at radius 2 is 2.25 bits per heavy atom. The maximum absolute atomic E-state index is 11.7. The minimum Gasteiger partial charge on any atom is -0.311 e. The van der Waals surface area contributed by atoms with E-state index >= 15 is 0 Å². The Balaban J connectivity index is 2.29. The molecule has 1 heterocycles. The summed E-state index contributed by atoms with van der Waals surface area (Å²) in [5.74, 6) is 0. The van der Waals surface area contributed by atoms with Gasteiger partial charge in [-0.15, -0.1) is 18.3 Å². The van der Waals surface area contributed by atoms with Crippen LogP contribution in [0.15, 0.2) is 6.20 Å².